The Balaban J connectivity index is 1.05. The summed E-state index contributed by atoms with van der Waals surface area (Å²) >= 11 is 0. The highest BCUT2D eigenvalue weighted by molar-refractivity contribution is 6.07. The van der Waals surface area contributed by atoms with Crippen molar-refractivity contribution < 1.29 is 43.2 Å². The van der Waals surface area contributed by atoms with Crippen LogP contribution in [-0.4, -0.2) is 117 Å². The number of likely N-dealkylation sites (tertiary alicyclic amines) is 2. The van der Waals surface area contributed by atoms with Crippen molar-refractivity contribution in [2.45, 2.75) is 115 Å². The Morgan fingerprint density at radius 1 is 0.871 bits per heavy atom. The Morgan fingerprint density at radius 2 is 1.58 bits per heavy atom. The van der Waals surface area contributed by atoms with Crippen LogP contribution in [0.25, 0.3) is 44.2 Å². The molecule has 17 nitrogen and oxygen atoms in total. The Hall–Kier alpha value is -6.20. The lowest BCUT2D eigenvalue weighted by Gasteiger charge is -2.34. The number of nitrogens with one attached hydrogen (secondary N) is 4. The molecule has 5 heterocycles. The molecule has 2 aromatic heterocycles. The Kier molecular flexibility index (Phi) is 11.8. The van der Waals surface area contributed by atoms with E-state index in [-0.39, 0.29) is 36.0 Å². The largest absolute Gasteiger partial charge is 0.488 e. The summed E-state index contributed by atoms with van der Waals surface area (Å²) in [6.45, 7) is 7.78. The number of imidazole rings is 2. The van der Waals surface area contributed by atoms with Gasteiger partial charge in [0.15, 0.2) is 0 Å². The van der Waals surface area contributed by atoms with Crippen molar-refractivity contribution in [3.05, 3.63) is 65.9 Å². The number of aromatic nitrogens is 4. The van der Waals surface area contributed by atoms with Crippen molar-refractivity contribution in [2.24, 2.45) is 0 Å². The zero-order valence-corrected chi connectivity index (χ0v) is 36.0. The van der Waals surface area contributed by atoms with Crippen molar-refractivity contribution in [1.29, 1.82) is 0 Å². The van der Waals surface area contributed by atoms with Gasteiger partial charge in [0.1, 0.15) is 36.1 Å². The topological polar surface area (TPSA) is 213 Å². The van der Waals surface area contributed by atoms with Gasteiger partial charge in [0.25, 0.3) is 0 Å². The number of nitrogens with zero attached hydrogens (tertiary/aromatic N) is 4. The van der Waals surface area contributed by atoms with E-state index in [1.165, 1.54) is 21.3 Å². The zero-order valence-electron chi connectivity index (χ0n) is 36.0. The minimum Gasteiger partial charge on any atom is -0.488 e. The molecule has 8 rings (SSSR count). The molecule has 8 atom stereocenters. The van der Waals surface area contributed by atoms with Crippen LogP contribution in [0.2, 0.25) is 0 Å². The van der Waals surface area contributed by atoms with Gasteiger partial charge in [-0.05, 0) is 99.2 Å². The monoisotopic (exact) mass is 850 g/mol. The lowest BCUT2D eigenvalue weighted by molar-refractivity contribution is -0.140. The number of fused-ring (bicyclic) bond motifs is 6. The molecule has 17 heteroatoms. The van der Waals surface area contributed by atoms with E-state index in [4.69, 9.17) is 28.9 Å². The Morgan fingerprint density at radius 3 is 2.29 bits per heavy atom. The SMILES string of the molecule is CC[C@H]1CC[C@@H](c2nc3ccc4cc5c(cc4c3[nH]2)OCc2cc(-c3cnc([C@@H]4CC[C@H](C)N4C(=O)[C@@H](NC(=O)O)[C@@H](C)OC)[nH]3)ccc2-5)N1C(=O)[C@@H](NC(=O)OC)[C@@H](C)OC. The van der Waals surface area contributed by atoms with Crippen LogP contribution in [0.15, 0.2) is 48.7 Å². The average molecular weight is 851 g/mol. The van der Waals surface area contributed by atoms with E-state index in [2.05, 4.69) is 51.8 Å². The smallest absolute Gasteiger partial charge is 0.407 e. The molecular formula is C45H54N8O9. The fourth-order valence-electron chi connectivity index (χ4n) is 9.47. The van der Waals surface area contributed by atoms with Crippen LogP contribution >= 0.6 is 0 Å². The molecule has 0 saturated carbocycles. The van der Waals surface area contributed by atoms with Crippen LogP contribution in [-0.2, 0) is 30.4 Å². The molecule has 0 unspecified atom stereocenters. The van der Waals surface area contributed by atoms with Crippen LogP contribution in [0, 0.1) is 0 Å². The summed E-state index contributed by atoms with van der Waals surface area (Å²) in [7, 11) is 4.22. The number of H-pyrrole nitrogens is 2. The van der Waals surface area contributed by atoms with Gasteiger partial charge in [-0.25, -0.2) is 19.6 Å². The molecule has 3 aliphatic rings. The van der Waals surface area contributed by atoms with E-state index >= 15 is 0 Å². The maximum Gasteiger partial charge on any atom is 0.407 e. The van der Waals surface area contributed by atoms with E-state index in [9.17, 15) is 24.3 Å². The predicted octanol–water partition coefficient (Wildman–Crippen LogP) is 6.59. The summed E-state index contributed by atoms with van der Waals surface area (Å²) in [5, 5.41) is 16.4. The first kappa shape index (κ1) is 42.5. The highest BCUT2D eigenvalue weighted by Crippen LogP contribution is 2.44. The molecule has 0 radical (unpaired) electrons. The zero-order chi connectivity index (χ0) is 44.0. The van der Waals surface area contributed by atoms with E-state index in [1.54, 1.807) is 24.9 Å². The number of alkyl carbamates (subject to hydrolysis) is 1. The standard InChI is InChI=1S/C45H54N8O9/c1-8-28-12-16-35(53(28)43(55)38(24(4)60-6)51-45(58)61-7)41-47-32-14-11-25-18-31-29-13-10-26(17-27(29)21-62-36(31)19-30(25)39(32)49-41)33-20-46-40(48-33)34-15-9-22(2)52(34)42(54)37(23(3)59-5)50-44(56)57/h10-11,13-14,17-20,22-24,28,34-35,37-38,50H,8-9,12,15-16,21H2,1-7H3,(H,46,48)(H,47,49)(H,51,58)(H,56,57)/t22-,23+,24+,28-,34-,35-,37-,38-/m0/s1. The second kappa shape index (κ2) is 17.3. The molecule has 5 N–H and O–H groups in total. The fourth-order valence-corrected chi connectivity index (χ4v) is 9.47. The Bertz CT molecular complexity index is 2520. The average Bonchev–Trinajstić information content (AvgIpc) is 4.11. The van der Waals surface area contributed by atoms with Crippen LogP contribution in [0.4, 0.5) is 9.59 Å². The second-order valence-electron chi connectivity index (χ2n) is 16.5. The van der Waals surface area contributed by atoms with Crippen LogP contribution in [0.1, 0.15) is 89.1 Å². The number of hydrogen-bond donors (Lipinski definition) is 5. The molecule has 0 bridgehead atoms. The van der Waals surface area contributed by atoms with Crippen LogP contribution < -0.4 is 15.4 Å². The van der Waals surface area contributed by atoms with E-state index in [0.717, 1.165) is 74.8 Å². The lowest BCUT2D eigenvalue weighted by Crippen LogP contribution is -2.55. The number of aromatic amines is 2. The molecule has 2 saturated heterocycles. The van der Waals surface area contributed by atoms with Gasteiger partial charge in [-0.1, -0.05) is 25.1 Å². The summed E-state index contributed by atoms with van der Waals surface area (Å²) in [5.74, 6) is 1.46. The Labute approximate surface area is 358 Å². The van der Waals surface area contributed by atoms with Crippen LogP contribution in [0.5, 0.6) is 5.75 Å². The van der Waals surface area contributed by atoms with Crippen molar-refractivity contribution in [2.75, 3.05) is 21.3 Å². The lowest BCUT2D eigenvalue weighted by atomic mass is 9.92. The van der Waals surface area contributed by atoms with E-state index in [0.29, 0.717) is 31.1 Å². The number of ether oxygens (including phenoxy) is 4. The number of hydrogen-bond acceptors (Lipinski definition) is 10. The third kappa shape index (κ3) is 7.67. The number of carboxylic acid groups (broad SMARTS) is 1. The van der Waals surface area contributed by atoms with Gasteiger partial charge in [0, 0.05) is 37.3 Å². The third-order valence-electron chi connectivity index (χ3n) is 13.0. The maximum absolute atomic E-state index is 14.2. The first-order valence-corrected chi connectivity index (χ1v) is 21.2. The first-order valence-electron chi connectivity index (χ1n) is 21.2. The normalized spacial score (nSPS) is 21.5. The van der Waals surface area contributed by atoms with Gasteiger partial charge in [-0.3, -0.25) is 9.59 Å². The first-order chi connectivity index (χ1) is 29.8. The van der Waals surface area contributed by atoms with E-state index < -0.39 is 36.5 Å². The minimum atomic E-state index is -1.29. The van der Waals surface area contributed by atoms with Gasteiger partial charge in [-0.2, -0.15) is 0 Å². The number of rotatable bonds is 12. The maximum atomic E-state index is 14.2. The molecular weight excluding hydrogens is 797 g/mol. The summed E-state index contributed by atoms with van der Waals surface area (Å²) < 4.78 is 22.1. The van der Waals surface area contributed by atoms with Gasteiger partial charge >= 0.3 is 12.2 Å². The quantitative estimate of drug-likeness (QED) is 0.0903. The van der Waals surface area contributed by atoms with Gasteiger partial charge in [-0.15, -0.1) is 0 Å². The summed E-state index contributed by atoms with van der Waals surface area (Å²) in [5.41, 5.74) is 6.36. The van der Waals surface area contributed by atoms with E-state index in [1.807, 2.05) is 30.0 Å². The van der Waals surface area contributed by atoms with Crippen molar-refractivity contribution in [1.82, 2.24) is 40.4 Å². The molecule has 0 spiro atoms. The van der Waals surface area contributed by atoms with Crippen LogP contribution in [0.3, 0.4) is 0 Å². The highest BCUT2D eigenvalue weighted by atomic mass is 16.5. The van der Waals surface area contributed by atoms with Gasteiger partial charge in [0.05, 0.1) is 54.3 Å². The molecule has 328 valence electrons. The molecule has 62 heavy (non-hydrogen) atoms. The number of amides is 4. The molecule has 5 aromatic rings. The highest BCUT2D eigenvalue weighted by Gasteiger charge is 2.44. The van der Waals surface area contributed by atoms with Gasteiger partial charge in [0.2, 0.25) is 11.8 Å². The number of carbonyl (C=O) groups is 4. The predicted molar refractivity (Wildman–Crippen MR) is 229 cm³/mol. The molecule has 3 aromatic carbocycles. The summed E-state index contributed by atoms with van der Waals surface area (Å²) in [6, 6.07) is 11.6. The third-order valence-corrected chi connectivity index (χ3v) is 13.0. The molecule has 0 aliphatic carbocycles. The number of carbonyl (C=O) groups excluding carboxylic acids is 3. The molecule has 3 aliphatic heterocycles. The van der Waals surface area contributed by atoms with Crippen molar-refractivity contribution in [3.8, 4) is 28.1 Å². The fraction of sp³-hybridized carbons (Fsp3) is 0.467. The molecule has 4 amide bonds. The number of benzene rings is 3. The van der Waals surface area contributed by atoms with Gasteiger partial charge < -0.3 is 54.5 Å². The molecule has 2 fully saturated rings. The number of methoxy groups -OCH3 is 3. The summed E-state index contributed by atoms with van der Waals surface area (Å²) in [4.78, 5) is 72.2. The second-order valence-corrected chi connectivity index (χ2v) is 16.5. The minimum absolute atomic E-state index is 0.0371. The van der Waals surface area contributed by atoms with Crippen molar-refractivity contribution >= 4 is 45.8 Å². The summed E-state index contributed by atoms with van der Waals surface area (Å²) in [6.07, 6.45) is 2.20. The van der Waals surface area contributed by atoms with Crippen molar-refractivity contribution in [3.63, 3.8) is 0 Å².